The zero-order chi connectivity index (χ0) is 14.2. The number of ether oxygens (including phenoxy) is 1. The highest BCUT2D eigenvalue weighted by molar-refractivity contribution is 5.65. The van der Waals surface area contributed by atoms with Gasteiger partial charge in [0.1, 0.15) is 6.54 Å². The standard InChI is InChI=1S/C14H30N2O2.ClH/c1-6-8-10-14(11-9-7-2,18-13(15)17)12-16(3,4)5;/h6-12H2,1-5H3,(H-,15,17);1H. The van der Waals surface area contributed by atoms with E-state index >= 15 is 0 Å². The molecule has 19 heavy (non-hydrogen) atoms. The molecule has 1 amide bonds. The third-order valence-electron chi connectivity index (χ3n) is 3.05. The first-order valence-corrected chi connectivity index (χ1v) is 7.03. The lowest BCUT2D eigenvalue weighted by Gasteiger charge is -2.38. The molecule has 4 nitrogen and oxygen atoms in total. The summed E-state index contributed by atoms with van der Waals surface area (Å²) in [6, 6.07) is 0. The van der Waals surface area contributed by atoms with Gasteiger partial charge in [-0.1, -0.05) is 26.7 Å². The van der Waals surface area contributed by atoms with Gasteiger partial charge in [-0.25, -0.2) is 4.79 Å². The van der Waals surface area contributed by atoms with Crippen molar-refractivity contribution < 1.29 is 26.4 Å². The van der Waals surface area contributed by atoms with Crippen molar-refractivity contribution in [3.63, 3.8) is 0 Å². The van der Waals surface area contributed by atoms with Gasteiger partial charge in [-0.05, 0) is 25.7 Å². The summed E-state index contributed by atoms with van der Waals surface area (Å²) in [6.45, 7) is 5.12. The first kappa shape index (κ1) is 20.8. The van der Waals surface area contributed by atoms with Gasteiger partial charge < -0.3 is 27.4 Å². The van der Waals surface area contributed by atoms with Gasteiger partial charge in [-0.3, -0.25) is 0 Å². The Morgan fingerprint density at radius 1 is 1.11 bits per heavy atom. The molecule has 0 aliphatic heterocycles. The second kappa shape index (κ2) is 9.43. The molecule has 5 heteroatoms. The molecule has 0 spiro atoms. The second-order valence-corrected chi connectivity index (χ2v) is 6.26. The molecule has 0 saturated heterocycles. The van der Waals surface area contributed by atoms with Gasteiger partial charge in [-0.15, -0.1) is 0 Å². The molecule has 2 N–H and O–H groups in total. The zero-order valence-electron chi connectivity index (χ0n) is 13.2. The second-order valence-electron chi connectivity index (χ2n) is 6.26. The normalized spacial score (nSPS) is 11.8. The molecule has 0 heterocycles. The first-order valence-electron chi connectivity index (χ1n) is 7.03. The molecule has 116 valence electrons. The molecule has 0 atom stereocenters. The van der Waals surface area contributed by atoms with Crippen LogP contribution in [0.3, 0.4) is 0 Å². The number of hydrogen-bond acceptors (Lipinski definition) is 2. The smallest absolute Gasteiger partial charge is 0.405 e. The molecule has 0 bridgehead atoms. The monoisotopic (exact) mass is 294 g/mol. The molecule has 0 aliphatic carbocycles. The Morgan fingerprint density at radius 2 is 1.53 bits per heavy atom. The van der Waals surface area contributed by atoms with E-state index in [9.17, 15) is 4.79 Å². The van der Waals surface area contributed by atoms with E-state index in [0.717, 1.165) is 49.6 Å². The summed E-state index contributed by atoms with van der Waals surface area (Å²) in [5.41, 5.74) is 4.88. The molecule has 0 saturated carbocycles. The fraction of sp³-hybridized carbons (Fsp3) is 0.929. The van der Waals surface area contributed by atoms with E-state index in [4.69, 9.17) is 10.5 Å². The number of carbonyl (C=O) groups excluding carboxylic acids is 1. The third kappa shape index (κ3) is 10.0. The summed E-state index contributed by atoms with van der Waals surface area (Å²) in [7, 11) is 6.37. The molecular weight excluding hydrogens is 264 g/mol. The number of nitrogens with zero attached hydrogens (tertiary/aromatic N) is 1. The summed E-state index contributed by atoms with van der Waals surface area (Å²) in [4.78, 5) is 11.2. The van der Waals surface area contributed by atoms with Crippen molar-refractivity contribution in [2.45, 2.75) is 58.0 Å². The minimum absolute atomic E-state index is 0. The van der Waals surface area contributed by atoms with E-state index in [1.54, 1.807) is 0 Å². The number of amides is 1. The Labute approximate surface area is 124 Å². The molecule has 0 aliphatic rings. The number of quaternary nitrogens is 1. The minimum atomic E-state index is -0.643. The van der Waals surface area contributed by atoms with Crippen molar-refractivity contribution in [2.24, 2.45) is 5.73 Å². The van der Waals surface area contributed by atoms with Gasteiger partial charge in [0.15, 0.2) is 5.60 Å². The lowest BCUT2D eigenvalue weighted by Crippen LogP contribution is -3.00. The van der Waals surface area contributed by atoms with Crippen LogP contribution < -0.4 is 18.1 Å². The van der Waals surface area contributed by atoms with Crippen molar-refractivity contribution in [1.82, 2.24) is 0 Å². The van der Waals surface area contributed by atoms with Crippen molar-refractivity contribution >= 4 is 6.09 Å². The van der Waals surface area contributed by atoms with Crippen LogP contribution in [-0.4, -0.2) is 43.9 Å². The van der Waals surface area contributed by atoms with Crippen LogP contribution in [0, 0.1) is 0 Å². The summed E-state index contributed by atoms with van der Waals surface area (Å²) < 4.78 is 6.32. The van der Waals surface area contributed by atoms with Crippen LogP contribution in [0.5, 0.6) is 0 Å². The van der Waals surface area contributed by atoms with Crippen LogP contribution in [0.15, 0.2) is 0 Å². The van der Waals surface area contributed by atoms with Crippen LogP contribution in [-0.2, 0) is 4.74 Å². The number of hydrogen-bond donors (Lipinski definition) is 1. The van der Waals surface area contributed by atoms with E-state index in [1.165, 1.54) is 0 Å². The Bertz CT molecular complexity index is 244. The maximum Gasteiger partial charge on any atom is 0.405 e. The Morgan fingerprint density at radius 3 is 1.79 bits per heavy atom. The fourth-order valence-corrected chi connectivity index (χ4v) is 2.49. The highest BCUT2D eigenvalue weighted by Crippen LogP contribution is 2.28. The summed E-state index contributed by atoms with van der Waals surface area (Å²) in [5, 5.41) is 0. The lowest BCUT2D eigenvalue weighted by molar-refractivity contribution is -0.877. The average Bonchev–Trinajstić information content (AvgIpc) is 2.20. The van der Waals surface area contributed by atoms with Crippen molar-refractivity contribution in [2.75, 3.05) is 27.7 Å². The molecule has 0 rings (SSSR count). The number of nitrogens with two attached hydrogens (primary N) is 1. The Hall–Kier alpha value is -0.480. The van der Waals surface area contributed by atoms with Crippen molar-refractivity contribution in [1.29, 1.82) is 0 Å². The number of carbonyl (C=O) groups is 1. The lowest BCUT2D eigenvalue weighted by atomic mass is 9.89. The van der Waals surface area contributed by atoms with Gasteiger partial charge in [0, 0.05) is 0 Å². The summed E-state index contributed by atoms with van der Waals surface area (Å²) >= 11 is 0. The first-order chi connectivity index (χ1) is 8.24. The van der Waals surface area contributed by atoms with E-state index in [0.29, 0.717) is 0 Å². The molecule has 0 fully saturated rings. The van der Waals surface area contributed by atoms with Crippen LogP contribution in [0.25, 0.3) is 0 Å². The molecule has 0 aromatic rings. The quantitative estimate of drug-likeness (QED) is 0.605. The van der Waals surface area contributed by atoms with Gasteiger partial charge >= 0.3 is 6.09 Å². The van der Waals surface area contributed by atoms with Crippen molar-refractivity contribution in [3.8, 4) is 0 Å². The number of rotatable bonds is 9. The van der Waals surface area contributed by atoms with E-state index in [2.05, 4.69) is 35.0 Å². The minimum Gasteiger partial charge on any atom is -1.00 e. The van der Waals surface area contributed by atoms with Gasteiger partial charge in [-0.2, -0.15) is 0 Å². The van der Waals surface area contributed by atoms with Crippen molar-refractivity contribution in [3.05, 3.63) is 0 Å². The zero-order valence-corrected chi connectivity index (χ0v) is 13.9. The predicted molar refractivity (Wildman–Crippen MR) is 75.3 cm³/mol. The summed E-state index contributed by atoms with van der Waals surface area (Å²) in [6.07, 6.45) is 5.51. The number of likely N-dealkylation sites (N-methyl/N-ethyl adjacent to an activating group) is 1. The fourth-order valence-electron chi connectivity index (χ4n) is 2.49. The van der Waals surface area contributed by atoms with Gasteiger partial charge in [0.05, 0.1) is 21.1 Å². The molecule has 0 unspecified atom stereocenters. The van der Waals surface area contributed by atoms with E-state index < -0.39 is 11.7 Å². The molecule has 0 radical (unpaired) electrons. The Kier molecular flexibility index (Phi) is 10.3. The molecular formula is C14H31ClN2O2. The third-order valence-corrected chi connectivity index (χ3v) is 3.05. The predicted octanol–water partition coefficient (Wildman–Crippen LogP) is -0.0889. The topological polar surface area (TPSA) is 52.3 Å². The van der Waals surface area contributed by atoms with E-state index in [1.807, 2.05) is 0 Å². The number of unbranched alkanes of at least 4 members (excludes halogenated alkanes) is 2. The van der Waals surface area contributed by atoms with Crippen LogP contribution in [0.4, 0.5) is 4.79 Å². The van der Waals surface area contributed by atoms with Gasteiger partial charge in [0.25, 0.3) is 0 Å². The maximum absolute atomic E-state index is 11.2. The number of halogens is 1. The summed E-state index contributed by atoms with van der Waals surface area (Å²) in [5.74, 6) is 0. The van der Waals surface area contributed by atoms with Crippen LogP contribution in [0.1, 0.15) is 52.4 Å². The maximum atomic E-state index is 11.2. The SMILES string of the molecule is CCCCC(CCCC)(C[N+](C)(C)C)OC(N)=O.[Cl-]. The Balaban J connectivity index is 0. The number of primary amides is 1. The average molecular weight is 295 g/mol. The van der Waals surface area contributed by atoms with Crippen LogP contribution >= 0.6 is 0 Å². The molecule has 0 aromatic carbocycles. The highest BCUT2D eigenvalue weighted by Gasteiger charge is 2.38. The van der Waals surface area contributed by atoms with Gasteiger partial charge in [0.2, 0.25) is 0 Å². The largest absolute Gasteiger partial charge is 1.00 e. The van der Waals surface area contributed by atoms with Crippen LogP contribution in [0.2, 0.25) is 0 Å². The van der Waals surface area contributed by atoms with E-state index in [-0.39, 0.29) is 12.4 Å². The highest BCUT2D eigenvalue weighted by atomic mass is 35.5. The molecule has 0 aromatic heterocycles.